The van der Waals surface area contributed by atoms with Gasteiger partial charge in [-0.1, -0.05) is 0 Å². The largest absolute Gasteiger partial charge is 0.491 e. The van der Waals surface area contributed by atoms with Gasteiger partial charge >= 0.3 is 0 Å². The standard InChI is InChI=1S/C10H13IO2/c1-2-12-7-8-13-10-5-3-9(11)4-6-10/h3-6H,2,7-8H2,1H3. The van der Waals surface area contributed by atoms with E-state index in [1.807, 2.05) is 31.2 Å². The van der Waals surface area contributed by atoms with Gasteiger partial charge in [-0.3, -0.25) is 0 Å². The van der Waals surface area contributed by atoms with Crippen LogP contribution in [-0.4, -0.2) is 19.8 Å². The van der Waals surface area contributed by atoms with Crippen LogP contribution in [-0.2, 0) is 4.74 Å². The van der Waals surface area contributed by atoms with E-state index in [1.54, 1.807) is 0 Å². The Labute approximate surface area is 92.4 Å². The Morgan fingerprint density at radius 1 is 1.15 bits per heavy atom. The van der Waals surface area contributed by atoms with Crippen LogP contribution in [0.25, 0.3) is 0 Å². The number of ether oxygens (including phenoxy) is 2. The highest BCUT2D eigenvalue weighted by molar-refractivity contribution is 14.1. The maximum Gasteiger partial charge on any atom is 0.119 e. The lowest BCUT2D eigenvalue weighted by Gasteiger charge is -2.05. The van der Waals surface area contributed by atoms with Gasteiger partial charge in [0.1, 0.15) is 12.4 Å². The van der Waals surface area contributed by atoms with Gasteiger partial charge in [0.15, 0.2) is 0 Å². The smallest absolute Gasteiger partial charge is 0.119 e. The Morgan fingerprint density at radius 2 is 1.85 bits per heavy atom. The zero-order valence-corrected chi connectivity index (χ0v) is 9.78. The molecular weight excluding hydrogens is 279 g/mol. The van der Waals surface area contributed by atoms with Gasteiger partial charge in [0.25, 0.3) is 0 Å². The molecule has 0 aliphatic rings. The van der Waals surface area contributed by atoms with Crippen LogP contribution in [0.3, 0.4) is 0 Å². The van der Waals surface area contributed by atoms with Gasteiger partial charge in [-0.05, 0) is 53.8 Å². The number of hydrogen-bond acceptors (Lipinski definition) is 2. The summed E-state index contributed by atoms with van der Waals surface area (Å²) in [6, 6.07) is 7.98. The van der Waals surface area contributed by atoms with Gasteiger partial charge in [0.2, 0.25) is 0 Å². The minimum absolute atomic E-state index is 0.619. The normalized spacial score (nSPS) is 10.0. The van der Waals surface area contributed by atoms with E-state index in [4.69, 9.17) is 9.47 Å². The lowest BCUT2D eigenvalue weighted by molar-refractivity contribution is 0.110. The molecule has 0 saturated heterocycles. The molecule has 1 aromatic rings. The van der Waals surface area contributed by atoms with E-state index in [9.17, 15) is 0 Å². The van der Waals surface area contributed by atoms with Crippen LogP contribution in [0.1, 0.15) is 6.92 Å². The molecule has 0 radical (unpaired) electrons. The zero-order valence-electron chi connectivity index (χ0n) is 7.63. The van der Waals surface area contributed by atoms with Crippen molar-refractivity contribution in [2.24, 2.45) is 0 Å². The van der Waals surface area contributed by atoms with E-state index in [-0.39, 0.29) is 0 Å². The van der Waals surface area contributed by atoms with Crippen molar-refractivity contribution in [3.8, 4) is 5.75 Å². The topological polar surface area (TPSA) is 18.5 Å². The van der Waals surface area contributed by atoms with Crippen LogP contribution in [0.4, 0.5) is 0 Å². The second-order valence-corrected chi connectivity index (χ2v) is 3.74. The minimum atomic E-state index is 0.619. The molecule has 0 heterocycles. The molecule has 0 aliphatic heterocycles. The Bertz CT molecular complexity index is 233. The SMILES string of the molecule is CCOCCOc1ccc(I)cc1. The Balaban J connectivity index is 2.25. The first-order valence-corrected chi connectivity index (χ1v) is 5.37. The molecule has 0 fully saturated rings. The molecule has 0 unspecified atom stereocenters. The monoisotopic (exact) mass is 292 g/mol. The summed E-state index contributed by atoms with van der Waals surface area (Å²) in [5, 5.41) is 0. The van der Waals surface area contributed by atoms with Gasteiger partial charge in [0, 0.05) is 10.2 Å². The maximum absolute atomic E-state index is 5.43. The van der Waals surface area contributed by atoms with E-state index in [0.717, 1.165) is 12.4 Å². The molecular formula is C10H13IO2. The molecule has 0 atom stereocenters. The highest BCUT2D eigenvalue weighted by atomic mass is 127. The molecule has 0 saturated carbocycles. The highest BCUT2D eigenvalue weighted by Gasteiger charge is 1.92. The fourth-order valence-corrected chi connectivity index (χ4v) is 1.25. The van der Waals surface area contributed by atoms with Crippen LogP contribution in [0.2, 0.25) is 0 Å². The predicted octanol–water partition coefficient (Wildman–Crippen LogP) is 2.71. The third-order valence-corrected chi connectivity index (χ3v) is 2.23. The minimum Gasteiger partial charge on any atom is -0.491 e. The molecule has 0 amide bonds. The van der Waals surface area contributed by atoms with Crippen molar-refractivity contribution in [3.63, 3.8) is 0 Å². The lowest BCUT2D eigenvalue weighted by atomic mass is 10.3. The average molecular weight is 292 g/mol. The second-order valence-electron chi connectivity index (χ2n) is 2.50. The van der Waals surface area contributed by atoms with Gasteiger partial charge < -0.3 is 9.47 Å². The van der Waals surface area contributed by atoms with Gasteiger partial charge in [0.05, 0.1) is 6.61 Å². The summed E-state index contributed by atoms with van der Waals surface area (Å²) in [6.45, 7) is 4.00. The third-order valence-electron chi connectivity index (χ3n) is 1.51. The van der Waals surface area contributed by atoms with Crippen molar-refractivity contribution in [2.45, 2.75) is 6.92 Å². The number of benzene rings is 1. The number of halogens is 1. The molecule has 13 heavy (non-hydrogen) atoms. The molecule has 0 spiro atoms. The van der Waals surface area contributed by atoms with Crippen LogP contribution in [0.5, 0.6) is 5.75 Å². The first kappa shape index (κ1) is 10.8. The summed E-state index contributed by atoms with van der Waals surface area (Å²) in [5.41, 5.74) is 0. The first-order valence-electron chi connectivity index (χ1n) is 4.29. The van der Waals surface area contributed by atoms with Gasteiger partial charge in [-0.2, -0.15) is 0 Å². The predicted molar refractivity (Wildman–Crippen MR) is 61.1 cm³/mol. The summed E-state index contributed by atoms with van der Waals surface area (Å²) >= 11 is 2.27. The van der Waals surface area contributed by atoms with Crippen molar-refractivity contribution < 1.29 is 9.47 Å². The zero-order chi connectivity index (χ0) is 9.52. The fraction of sp³-hybridized carbons (Fsp3) is 0.400. The highest BCUT2D eigenvalue weighted by Crippen LogP contribution is 2.12. The molecule has 0 bridgehead atoms. The summed E-state index contributed by atoms with van der Waals surface area (Å²) in [7, 11) is 0. The van der Waals surface area contributed by atoms with Gasteiger partial charge in [-0.25, -0.2) is 0 Å². The summed E-state index contributed by atoms with van der Waals surface area (Å²) in [5.74, 6) is 0.903. The third kappa shape index (κ3) is 4.47. The summed E-state index contributed by atoms with van der Waals surface area (Å²) in [4.78, 5) is 0. The van der Waals surface area contributed by atoms with Crippen LogP contribution >= 0.6 is 22.6 Å². The quantitative estimate of drug-likeness (QED) is 0.613. The molecule has 72 valence electrons. The second kappa shape index (κ2) is 6.21. The fourth-order valence-electron chi connectivity index (χ4n) is 0.894. The number of hydrogen-bond donors (Lipinski definition) is 0. The Morgan fingerprint density at radius 3 is 2.46 bits per heavy atom. The molecule has 0 aliphatic carbocycles. The van der Waals surface area contributed by atoms with Crippen LogP contribution < -0.4 is 4.74 Å². The van der Waals surface area contributed by atoms with Crippen molar-refractivity contribution in [1.82, 2.24) is 0 Å². The van der Waals surface area contributed by atoms with Crippen LogP contribution in [0.15, 0.2) is 24.3 Å². The lowest BCUT2D eigenvalue weighted by Crippen LogP contribution is -2.06. The van der Waals surface area contributed by atoms with E-state index < -0.39 is 0 Å². The number of rotatable bonds is 5. The molecule has 0 N–H and O–H groups in total. The average Bonchev–Trinajstić information content (AvgIpc) is 2.15. The van der Waals surface area contributed by atoms with Gasteiger partial charge in [-0.15, -0.1) is 0 Å². The molecule has 1 aromatic carbocycles. The van der Waals surface area contributed by atoms with E-state index in [1.165, 1.54) is 3.57 Å². The summed E-state index contributed by atoms with van der Waals surface area (Å²) in [6.07, 6.45) is 0. The maximum atomic E-state index is 5.43. The van der Waals surface area contributed by atoms with Crippen molar-refractivity contribution in [3.05, 3.63) is 27.8 Å². The van der Waals surface area contributed by atoms with E-state index in [2.05, 4.69) is 22.6 Å². The van der Waals surface area contributed by atoms with Crippen LogP contribution in [0, 0.1) is 3.57 Å². The molecule has 1 rings (SSSR count). The van der Waals surface area contributed by atoms with Crippen molar-refractivity contribution in [1.29, 1.82) is 0 Å². The molecule has 3 heteroatoms. The summed E-state index contributed by atoms with van der Waals surface area (Å²) < 4.78 is 11.8. The first-order chi connectivity index (χ1) is 6.33. The Kier molecular flexibility index (Phi) is 5.15. The van der Waals surface area contributed by atoms with E-state index in [0.29, 0.717) is 13.2 Å². The van der Waals surface area contributed by atoms with E-state index >= 15 is 0 Å². The van der Waals surface area contributed by atoms with Crippen molar-refractivity contribution >= 4 is 22.6 Å². The van der Waals surface area contributed by atoms with Crippen molar-refractivity contribution in [2.75, 3.05) is 19.8 Å². The molecule has 0 aromatic heterocycles. The molecule has 2 nitrogen and oxygen atoms in total. The Hall–Kier alpha value is -0.290.